The van der Waals surface area contributed by atoms with Gasteiger partial charge in [-0.3, -0.25) is 0 Å². The summed E-state index contributed by atoms with van der Waals surface area (Å²) in [6.07, 6.45) is -0.727. The minimum Gasteiger partial charge on any atom is -0.456 e. The molecule has 2 fully saturated rings. The summed E-state index contributed by atoms with van der Waals surface area (Å²) in [4.78, 5) is 12.0. The summed E-state index contributed by atoms with van der Waals surface area (Å²) in [5.41, 5.74) is 2.37. The van der Waals surface area contributed by atoms with E-state index in [4.69, 9.17) is 25.8 Å². The number of rotatable bonds is 5. The summed E-state index contributed by atoms with van der Waals surface area (Å²) < 4.78 is 30.8. The fraction of sp³-hybridized carbons (Fsp3) is 0.400. The molecule has 3 aromatic rings. The Morgan fingerprint density at radius 3 is 2.86 bits per heavy atom. The molecule has 152 valence electrons. The van der Waals surface area contributed by atoms with Crippen LogP contribution in [0.4, 0.5) is 4.39 Å². The van der Waals surface area contributed by atoms with E-state index in [1.807, 2.05) is 0 Å². The molecule has 2 N–H and O–H groups in total. The standard InChI is InChI=1S/C20H19ClFN3O4/c21-11-7-14-19(23-13(11)6-5-10-3-1-2-4-12(10)22)25-20(24-14)29-16-9-28-17-15(26)8-27-18(16)17/h1-4,7,15-18,26H,5-6,8-9H2,(H,23,24,25)/t15-,16-,17-,18-/m1/s1. The highest BCUT2D eigenvalue weighted by Crippen LogP contribution is 2.30. The van der Waals surface area contributed by atoms with Gasteiger partial charge in [0.1, 0.15) is 24.1 Å². The molecule has 0 aliphatic carbocycles. The first-order valence-electron chi connectivity index (χ1n) is 9.45. The molecule has 9 heteroatoms. The van der Waals surface area contributed by atoms with Gasteiger partial charge in [0.15, 0.2) is 11.8 Å². The number of fused-ring (bicyclic) bond motifs is 2. The van der Waals surface area contributed by atoms with E-state index < -0.39 is 6.10 Å². The number of aliphatic hydroxyl groups excluding tert-OH is 1. The molecule has 4 atom stereocenters. The lowest BCUT2D eigenvalue weighted by Crippen LogP contribution is -2.34. The lowest BCUT2D eigenvalue weighted by Gasteiger charge is -2.15. The van der Waals surface area contributed by atoms with Crippen LogP contribution in [0.15, 0.2) is 30.3 Å². The van der Waals surface area contributed by atoms with Gasteiger partial charge in [0.2, 0.25) is 0 Å². The van der Waals surface area contributed by atoms with Gasteiger partial charge in [-0.05, 0) is 30.5 Å². The van der Waals surface area contributed by atoms with Gasteiger partial charge in [0, 0.05) is 0 Å². The van der Waals surface area contributed by atoms with Crippen LogP contribution in [0.3, 0.4) is 0 Å². The zero-order chi connectivity index (χ0) is 20.0. The molecule has 0 spiro atoms. The van der Waals surface area contributed by atoms with Gasteiger partial charge < -0.3 is 24.3 Å². The fourth-order valence-corrected chi connectivity index (χ4v) is 4.05. The summed E-state index contributed by atoms with van der Waals surface area (Å²) in [5, 5.41) is 10.3. The van der Waals surface area contributed by atoms with Gasteiger partial charge in [-0.2, -0.15) is 4.98 Å². The largest absolute Gasteiger partial charge is 0.456 e. The number of nitrogens with zero attached hydrogens (tertiary/aromatic N) is 2. The molecule has 4 heterocycles. The van der Waals surface area contributed by atoms with Crippen LogP contribution in [0, 0.1) is 5.82 Å². The Labute approximate surface area is 170 Å². The smallest absolute Gasteiger partial charge is 0.296 e. The minimum atomic E-state index is -0.637. The van der Waals surface area contributed by atoms with Crippen LogP contribution in [0.25, 0.3) is 11.2 Å². The van der Waals surface area contributed by atoms with Crippen LogP contribution in [-0.4, -0.2) is 57.7 Å². The molecule has 29 heavy (non-hydrogen) atoms. The summed E-state index contributed by atoms with van der Waals surface area (Å²) >= 11 is 6.37. The molecule has 1 aromatic carbocycles. The van der Waals surface area contributed by atoms with Crippen molar-refractivity contribution in [3.63, 3.8) is 0 Å². The molecule has 0 bridgehead atoms. The lowest BCUT2D eigenvalue weighted by atomic mass is 10.1. The minimum absolute atomic E-state index is 0.234. The Morgan fingerprint density at radius 2 is 2.00 bits per heavy atom. The van der Waals surface area contributed by atoms with Gasteiger partial charge in [-0.1, -0.05) is 29.8 Å². The third kappa shape index (κ3) is 3.57. The number of H-pyrrole nitrogens is 1. The van der Waals surface area contributed by atoms with Crippen molar-refractivity contribution in [1.29, 1.82) is 0 Å². The van der Waals surface area contributed by atoms with E-state index >= 15 is 0 Å². The Bertz CT molecular complexity index is 1050. The highest BCUT2D eigenvalue weighted by Gasteiger charge is 2.48. The maximum atomic E-state index is 13.8. The van der Waals surface area contributed by atoms with Crippen molar-refractivity contribution in [2.24, 2.45) is 0 Å². The number of ether oxygens (including phenoxy) is 3. The summed E-state index contributed by atoms with van der Waals surface area (Å²) in [7, 11) is 0. The number of hydrogen-bond donors (Lipinski definition) is 2. The molecular weight excluding hydrogens is 401 g/mol. The van der Waals surface area contributed by atoms with Gasteiger partial charge in [-0.15, -0.1) is 0 Å². The van der Waals surface area contributed by atoms with Gasteiger partial charge in [0.25, 0.3) is 6.01 Å². The first-order valence-corrected chi connectivity index (χ1v) is 9.83. The summed E-state index contributed by atoms with van der Waals surface area (Å²) in [6.45, 7) is 0.545. The number of halogens is 2. The first kappa shape index (κ1) is 18.7. The van der Waals surface area contributed by atoms with Crippen molar-refractivity contribution in [2.75, 3.05) is 13.2 Å². The number of imidazole rings is 1. The Hall–Kier alpha value is -2.26. The number of aryl methyl sites for hydroxylation is 2. The maximum absolute atomic E-state index is 13.8. The topological polar surface area (TPSA) is 89.5 Å². The van der Waals surface area contributed by atoms with E-state index in [-0.39, 0.29) is 36.7 Å². The van der Waals surface area contributed by atoms with Crippen LogP contribution in [0.1, 0.15) is 11.3 Å². The predicted molar refractivity (Wildman–Crippen MR) is 103 cm³/mol. The third-order valence-corrected chi connectivity index (χ3v) is 5.64. The van der Waals surface area contributed by atoms with Crippen LogP contribution in [0.5, 0.6) is 6.01 Å². The quantitative estimate of drug-likeness (QED) is 0.660. The van der Waals surface area contributed by atoms with Crippen molar-refractivity contribution in [1.82, 2.24) is 15.0 Å². The zero-order valence-corrected chi connectivity index (χ0v) is 16.1. The van der Waals surface area contributed by atoms with E-state index in [0.717, 1.165) is 0 Å². The molecule has 0 unspecified atom stereocenters. The number of pyridine rings is 1. The predicted octanol–water partition coefficient (Wildman–Crippen LogP) is 2.44. The van der Waals surface area contributed by atoms with Crippen molar-refractivity contribution in [3.05, 3.63) is 52.4 Å². The number of benzene rings is 1. The lowest BCUT2D eigenvalue weighted by molar-refractivity contribution is 0.00706. The molecule has 2 aromatic heterocycles. The van der Waals surface area contributed by atoms with E-state index in [0.29, 0.717) is 46.9 Å². The second-order valence-corrected chi connectivity index (χ2v) is 7.65. The van der Waals surface area contributed by atoms with Gasteiger partial charge in [-0.25, -0.2) is 9.37 Å². The summed E-state index contributed by atoms with van der Waals surface area (Å²) in [5.74, 6) is -0.239. The van der Waals surface area contributed by atoms with Gasteiger partial charge >= 0.3 is 0 Å². The summed E-state index contributed by atoms with van der Waals surface area (Å²) in [6, 6.07) is 8.68. The van der Waals surface area contributed by atoms with Crippen LogP contribution in [0.2, 0.25) is 5.02 Å². The Balaban J connectivity index is 1.32. The van der Waals surface area contributed by atoms with Crippen LogP contribution < -0.4 is 4.74 Å². The first-order chi connectivity index (χ1) is 14.1. The van der Waals surface area contributed by atoms with Crippen molar-refractivity contribution >= 4 is 22.8 Å². The maximum Gasteiger partial charge on any atom is 0.296 e. The van der Waals surface area contributed by atoms with Gasteiger partial charge in [0.05, 0.1) is 29.4 Å². The normalized spacial score (nSPS) is 26.2. The fourth-order valence-electron chi connectivity index (χ4n) is 3.81. The van der Waals surface area contributed by atoms with E-state index in [9.17, 15) is 9.50 Å². The number of aromatic amines is 1. The molecule has 2 aliphatic rings. The number of aliphatic hydroxyl groups is 1. The molecule has 2 aliphatic heterocycles. The van der Waals surface area contributed by atoms with Crippen molar-refractivity contribution in [2.45, 2.75) is 37.3 Å². The second-order valence-electron chi connectivity index (χ2n) is 7.24. The van der Waals surface area contributed by atoms with Crippen molar-refractivity contribution in [3.8, 4) is 6.01 Å². The second kappa shape index (κ2) is 7.53. The van der Waals surface area contributed by atoms with Crippen LogP contribution >= 0.6 is 11.6 Å². The molecular formula is C20H19ClFN3O4. The van der Waals surface area contributed by atoms with E-state index in [2.05, 4.69) is 15.0 Å². The van der Waals surface area contributed by atoms with E-state index in [1.165, 1.54) is 6.07 Å². The average molecular weight is 420 g/mol. The monoisotopic (exact) mass is 419 g/mol. The Morgan fingerprint density at radius 1 is 1.17 bits per heavy atom. The van der Waals surface area contributed by atoms with Crippen molar-refractivity contribution < 1.29 is 23.7 Å². The Kier molecular flexibility index (Phi) is 4.87. The number of aromatic nitrogens is 3. The molecule has 7 nitrogen and oxygen atoms in total. The highest BCUT2D eigenvalue weighted by molar-refractivity contribution is 6.31. The average Bonchev–Trinajstić information content (AvgIpc) is 3.38. The third-order valence-electron chi connectivity index (χ3n) is 5.31. The number of hydrogen-bond acceptors (Lipinski definition) is 6. The molecule has 5 rings (SSSR count). The molecule has 0 radical (unpaired) electrons. The van der Waals surface area contributed by atoms with Crippen LogP contribution in [-0.2, 0) is 22.3 Å². The molecule has 2 saturated heterocycles. The zero-order valence-electron chi connectivity index (χ0n) is 15.3. The highest BCUT2D eigenvalue weighted by atomic mass is 35.5. The molecule has 0 amide bonds. The van der Waals surface area contributed by atoms with E-state index in [1.54, 1.807) is 24.3 Å². The SMILES string of the molecule is O[C@@H]1CO[C@H]2[C@@H]1OC[C@H]2Oc1nc2nc(CCc3ccccc3F)c(Cl)cc2[nH]1. The molecule has 0 saturated carbocycles. The number of nitrogens with one attached hydrogen (secondary N) is 1.